The maximum Gasteiger partial charge on any atom is 0.0887 e. The minimum atomic E-state index is 0.795. The number of pyridine rings is 2. The maximum absolute atomic E-state index is 4.58. The first kappa shape index (κ1) is 21.6. The van der Waals surface area contributed by atoms with Gasteiger partial charge >= 0.3 is 0 Å². The molecule has 0 N–H and O–H groups in total. The molecule has 0 spiro atoms. The van der Waals surface area contributed by atoms with Crippen LogP contribution in [0.5, 0.6) is 0 Å². The summed E-state index contributed by atoms with van der Waals surface area (Å²) in [5, 5.41) is 4.84. The minimum Gasteiger partial charge on any atom is -0.255 e. The molecule has 0 saturated heterocycles. The largest absolute Gasteiger partial charge is 0.255 e. The van der Waals surface area contributed by atoms with Gasteiger partial charge in [-0.15, -0.1) is 0 Å². The summed E-state index contributed by atoms with van der Waals surface area (Å²) in [5.41, 5.74) is 5.29. The Kier molecular flexibility index (Phi) is 5.83. The standard InChI is InChI=1S/C32H22N4/c1-3-7-27-17-23(9-11-25(27)5-1)19-33-29-13-15-31(35-21-29)32-16-14-30(22-36-32)34-20-24-10-12-26-6-2-4-8-28(26)18-24/h1-22H/b33-19+,34-20+. The van der Waals surface area contributed by atoms with E-state index in [4.69, 9.17) is 0 Å². The molecule has 4 aromatic carbocycles. The molecule has 6 rings (SSSR count). The summed E-state index contributed by atoms with van der Waals surface area (Å²) < 4.78 is 0. The summed E-state index contributed by atoms with van der Waals surface area (Å²) in [4.78, 5) is 18.3. The molecular formula is C32H22N4. The third-order valence-corrected chi connectivity index (χ3v) is 6.03. The van der Waals surface area contributed by atoms with Crippen LogP contribution in [0, 0.1) is 0 Å². The maximum atomic E-state index is 4.58. The predicted octanol–water partition coefficient (Wildman–Crippen LogP) is 7.95. The van der Waals surface area contributed by atoms with Gasteiger partial charge < -0.3 is 0 Å². The first-order chi connectivity index (χ1) is 17.8. The second kappa shape index (κ2) is 9.72. The van der Waals surface area contributed by atoms with Gasteiger partial charge in [0.1, 0.15) is 0 Å². The second-order valence-corrected chi connectivity index (χ2v) is 8.53. The Balaban J connectivity index is 1.14. The molecule has 0 aliphatic rings. The van der Waals surface area contributed by atoms with E-state index in [1.54, 1.807) is 12.4 Å². The number of aromatic nitrogens is 2. The Morgan fingerprint density at radius 2 is 0.889 bits per heavy atom. The second-order valence-electron chi connectivity index (χ2n) is 8.53. The molecule has 0 radical (unpaired) electrons. The van der Waals surface area contributed by atoms with Crippen molar-refractivity contribution in [3.8, 4) is 11.4 Å². The Bertz CT molecular complexity index is 1590. The molecule has 6 aromatic rings. The molecule has 170 valence electrons. The van der Waals surface area contributed by atoms with Crippen molar-refractivity contribution in [2.75, 3.05) is 0 Å². The Morgan fingerprint density at radius 3 is 1.31 bits per heavy atom. The first-order valence-electron chi connectivity index (χ1n) is 11.8. The highest BCUT2D eigenvalue weighted by Crippen LogP contribution is 2.21. The van der Waals surface area contributed by atoms with Crippen LogP contribution < -0.4 is 0 Å². The number of hydrogen-bond acceptors (Lipinski definition) is 4. The highest BCUT2D eigenvalue weighted by molar-refractivity contribution is 5.92. The van der Waals surface area contributed by atoms with Crippen LogP contribution in [0.2, 0.25) is 0 Å². The summed E-state index contributed by atoms with van der Waals surface area (Å²) in [7, 11) is 0. The van der Waals surface area contributed by atoms with Crippen molar-refractivity contribution in [1.82, 2.24) is 9.97 Å². The fourth-order valence-corrected chi connectivity index (χ4v) is 4.10. The quantitative estimate of drug-likeness (QED) is 0.244. The molecule has 2 heterocycles. The molecule has 0 bridgehead atoms. The van der Waals surface area contributed by atoms with Crippen molar-refractivity contribution in [3.63, 3.8) is 0 Å². The van der Waals surface area contributed by atoms with E-state index in [0.717, 1.165) is 33.9 Å². The summed E-state index contributed by atoms with van der Waals surface area (Å²) in [6.45, 7) is 0. The lowest BCUT2D eigenvalue weighted by Gasteiger charge is -2.02. The molecule has 36 heavy (non-hydrogen) atoms. The van der Waals surface area contributed by atoms with Gasteiger partial charge in [-0.25, -0.2) is 0 Å². The zero-order valence-electron chi connectivity index (χ0n) is 19.5. The van der Waals surface area contributed by atoms with Gasteiger partial charge in [-0.05, 0) is 69.1 Å². The number of rotatable bonds is 5. The van der Waals surface area contributed by atoms with E-state index in [9.17, 15) is 0 Å². The SMILES string of the molecule is C(=N\c1ccc(-c2ccc(/N=C/c3ccc4ccccc4c3)cn2)nc1)/c1ccc2ccccc2c1. The number of hydrogen-bond donors (Lipinski definition) is 0. The van der Waals surface area contributed by atoms with E-state index in [-0.39, 0.29) is 0 Å². The molecule has 2 aromatic heterocycles. The van der Waals surface area contributed by atoms with E-state index >= 15 is 0 Å². The van der Waals surface area contributed by atoms with Gasteiger partial charge in [0.15, 0.2) is 0 Å². The van der Waals surface area contributed by atoms with E-state index in [0.29, 0.717) is 0 Å². The Morgan fingerprint density at radius 1 is 0.444 bits per heavy atom. The summed E-state index contributed by atoms with van der Waals surface area (Å²) in [6, 6.07) is 37.0. The summed E-state index contributed by atoms with van der Waals surface area (Å²) in [5.74, 6) is 0. The van der Waals surface area contributed by atoms with Gasteiger partial charge in [0.05, 0.1) is 35.2 Å². The van der Waals surface area contributed by atoms with Crippen LogP contribution in [0.3, 0.4) is 0 Å². The van der Waals surface area contributed by atoms with E-state index in [2.05, 4.69) is 80.6 Å². The minimum absolute atomic E-state index is 0.795. The zero-order valence-corrected chi connectivity index (χ0v) is 19.5. The monoisotopic (exact) mass is 462 g/mol. The summed E-state index contributed by atoms with van der Waals surface area (Å²) in [6.07, 6.45) is 7.26. The fourth-order valence-electron chi connectivity index (χ4n) is 4.10. The third kappa shape index (κ3) is 4.79. The Hall–Kier alpha value is -4.96. The predicted molar refractivity (Wildman–Crippen MR) is 150 cm³/mol. The highest BCUT2D eigenvalue weighted by Gasteiger charge is 2.02. The molecule has 0 aliphatic carbocycles. The third-order valence-electron chi connectivity index (χ3n) is 6.03. The average Bonchev–Trinajstić information content (AvgIpc) is 2.95. The van der Waals surface area contributed by atoms with Gasteiger partial charge in [-0.2, -0.15) is 0 Å². The molecule has 4 heteroatoms. The van der Waals surface area contributed by atoms with E-state index < -0.39 is 0 Å². The van der Waals surface area contributed by atoms with Crippen molar-refractivity contribution in [3.05, 3.63) is 133 Å². The van der Waals surface area contributed by atoms with Crippen molar-refractivity contribution in [2.45, 2.75) is 0 Å². The van der Waals surface area contributed by atoms with Gasteiger partial charge in [0.25, 0.3) is 0 Å². The van der Waals surface area contributed by atoms with E-state index in [1.165, 1.54) is 21.5 Å². The number of fused-ring (bicyclic) bond motifs is 2. The van der Waals surface area contributed by atoms with E-state index in [1.807, 2.05) is 61.0 Å². The van der Waals surface area contributed by atoms with Crippen LogP contribution in [0.25, 0.3) is 32.9 Å². The van der Waals surface area contributed by atoms with Crippen LogP contribution in [-0.2, 0) is 0 Å². The lowest BCUT2D eigenvalue weighted by atomic mass is 10.1. The van der Waals surface area contributed by atoms with Gasteiger partial charge in [-0.1, -0.05) is 72.8 Å². The average molecular weight is 463 g/mol. The van der Waals surface area contributed by atoms with Gasteiger partial charge in [0, 0.05) is 12.4 Å². The van der Waals surface area contributed by atoms with Crippen LogP contribution >= 0.6 is 0 Å². The van der Waals surface area contributed by atoms with Crippen LogP contribution in [0.15, 0.2) is 132 Å². The van der Waals surface area contributed by atoms with Crippen LogP contribution in [0.1, 0.15) is 11.1 Å². The van der Waals surface area contributed by atoms with Crippen LogP contribution in [0.4, 0.5) is 11.4 Å². The Labute approximate surface area is 209 Å². The van der Waals surface area contributed by atoms with Crippen molar-refractivity contribution in [1.29, 1.82) is 0 Å². The number of nitrogens with zero attached hydrogens (tertiary/aromatic N) is 4. The van der Waals surface area contributed by atoms with Gasteiger partial charge in [0.2, 0.25) is 0 Å². The van der Waals surface area contributed by atoms with Crippen LogP contribution in [-0.4, -0.2) is 22.4 Å². The molecule has 0 unspecified atom stereocenters. The summed E-state index contributed by atoms with van der Waals surface area (Å²) >= 11 is 0. The van der Waals surface area contributed by atoms with Crippen molar-refractivity contribution in [2.24, 2.45) is 9.98 Å². The number of benzene rings is 4. The molecular weight excluding hydrogens is 440 g/mol. The smallest absolute Gasteiger partial charge is 0.0887 e. The topological polar surface area (TPSA) is 50.5 Å². The van der Waals surface area contributed by atoms with Crippen molar-refractivity contribution >= 4 is 45.3 Å². The molecule has 0 fully saturated rings. The zero-order chi connectivity index (χ0) is 24.2. The van der Waals surface area contributed by atoms with Gasteiger partial charge in [-0.3, -0.25) is 20.0 Å². The first-order valence-corrected chi connectivity index (χ1v) is 11.8. The number of aliphatic imine (C=N–C) groups is 2. The molecule has 0 aliphatic heterocycles. The molecule has 0 amide bonds. The highest BCUT2D eigenvalue weighted by atomic mass is 14.8. The van der Waals surface area contributed by atoms with Crippen molar-refractivity contribution < 1.29 is 0 Å². The molecule has 0 saturated carbocycles. The lowest BCUT2D eigenvalue weighted by molar-refractivity contribution is 1.23. The molecule has 4 nitrogen and oxygen atoms in total. The fraction of sp³-hybridized carbons (Fsp3) is 0. The molecule has 0 atom stereocenters. The normalized spacial score (nSPS) is 11.7. The lowest BCUT2D eigenvalue weighted by Crippen LogP contribution is -1.87.